The lowest BCUT2D eigenvalue weighted by atomic mass is 9.94. The molecule has 0 bridgehead atoms. The molecule has 114 valence electrons. The molecule has 2 unspecified atom stereocenters. The molecule has 0 aromatic carbocycles. The monoisotopic (exact) mass is 288 g/mol. The standard InChI is InChI=1S/C16H24N4O/c1-10-7-11(2)20(9-10)16-13(15(17)19-21)8-12-5-3-4-6-14(12)18-16/h8,10-11,21H,3-7,9H2,1-2H3,(H2,17,19). The van der Waals surface area contributed by atoms with Gasteiger partial charge in [-0.15, -0.1) is 0 Å². The van der Waals surface area contributed by atoms with E-state index >= 15 is 0 Å². The summed E-state index contributed by atoms with van der Waals surface area (Å²) < 4.78 is 0. The third-order valence-electron chi connectivity index (χ3n) is 4.72. The van der Waals surface area contributed by atoms with Crippen LogP contribution < -0.4 is 10.6 Å². The molecule has 0 spiro atoms. The number of pyridine rings is 1. The molecular weight excluding hydrogens is 264 g/mol. The first-order valence-electron chi connectivity index (χ1n) is 7.87. The lowest BCUT2D eigenvalue weighted by molar-refractivity contribution is 0.318. The number of nitrogens with two attached hydrogens (primary N) is 1. The Hall–Kier alpha value is -1.78. The number of rotatable bonds is 2. The fourth-order valence-electron chi connectivity index (χ4n) is 3.68. The molecule has 21 heavy (non-hydrogen) atoms. The van der Waals surface area contributed by atoms with E-state index < -0.39 is 0 Å². The molecule has 5 nitrogen and oxygen atoms in total. The molecule has 3 N–H and O–H groups in total. The number of aryl methyl sites for hydroxylation is 2. The molecule has 1 aromatic rings. The molecule has 1 aliphatic carbocycles. The summed E-state index contributed by atoms with van der Waals surface area (Å²) in [6.45, 7) is 5.47. The molecule has 2 aliphatic rings. The van der Waals surface area contributed by atoms with E-state index in [0.717, 1.165) is 37.2 Å². The van der Waals surface area contributed by atoms with Gasteiger partial charge < -0.3 is 15.8 Å². The van der Waals surface area contributed by atoms with Gasteiger partial charge >= 0.3 is 0 Å². The maximum atomic E-state index is 9.09. The van der Waals surface area contributed by atoms with Crippen LogP contribution in [0.2, 0.25) is 0 Å². The first-order valence-corrected chi connectivity index (χ1v) is 7.87. The van der Waals surface area contributed by atoms with Gasteiger partial charge in [-0.05, 0) is 56.6 Å². The highest BCUT2D eigenvalue weighted by Gasteiger charge is 2.30. The van der Waals surface area contributed by atoms with Gasteiger partial charge in [-0.25, -0.2) is 4.98 Å². The van der Waals surface area contributed by atoms with Gasteiger partial charge in [0.05, 0.1) is 5.56 Å². The van der Waals surface area contributed by atoms with Gasteiger partial charge in [0.2, 0.25) is 0 Å². The zero-order chi connectivity index (χ0) is 15.0. The minimum Gasteiger partial charge on any atom is -0.409 e. The summed E-state index contributed by atoms with van der Waals surface area (Å²) in [7, 11) is 0. The van der Waals surface area contributed by atoms with Crippen LogP contribution in [0.4, 0.5) is 5.82 Å². The number of hydrogen-bond acceptors (Lipinski definition) is 4. The fraction of sp³-hybridized carbons (Fsp3) is 0.625. The molecule has 0 saturated carbocycles. The predicted octanol–water partition coefficient (Wildman–Crippen LogP) is 2.29. The van der Waals surface area contributed by atoms with Crippen molar-refractivity contribution in [1.82, 2.24) is 4.98 Å². The highest BCUT2D eigenvalue weighted by molar-refractivity contribution is 6.01. The molecule has 2 heterocycles. The number of anilines is 1. The van der Waals surface area contributed by atoms with Gasteiger partial charge in [0.1, 0.15) is 5.82 Å². The van der Waals surface area contributed by atoms with E-state index in [1.54, 1.807) is 0 Å². The SMILES string of the molecule is CC1CC(C)N(c2nc3c(cc2C(N)=NO)CCCC3)C1. The Morgan fingerprint density at radius 2 is 2.14 bits per heavy atom. The van der Waals surface area contributed by atoms with Gasteiger partial charge in [0, 0.05) is 18.3 Å². The summed E-state index contributed by atoms with van der Waals surface area (Å²) in [6, 6.07) is 2.53. The van der Waals surface area contributed by atoms with Gasteiger partial charge in [0.15, 0.2) is 5.84 Å². The van der Waals surface area contributed by atoms with Crippen molar-refractivity contribution in [2.75, 3.05) is 11.4 Å². The van der Waals surface area contributed by atoms with E-state index in [0.29, 0.717) is 12.0 Å². The van der Waals surface area contributed by atoms with Crippen molar-refractivity contribution in [3.05, 3.63) is 22.9 Å². The average Bonchev–Trinajstić information content (AvgIpc) is 2.83. The molecule has 3 rings (SSSR count). The highest BCUT2D eigenvalue weighted by Crippen LogP contribution is 2.32. The summed E-state index contributed by atoms with van der Waals surface area (Å²) in [5.74, 6) is 1.71. The van der Waals surface area contributed by atoms with E-state index in [1.807, 2.05) is 0 Å². The zero-order valence-electron chi connectivity index (χ0n) is 12.8. The Morgan fingerprint density at radius 3 is 2.81 bits per heavy atom. The Kier molecular flexibility index (Phi) is 3.74. The lowest BCUT2D eigenvalue weighted by Crippen LogP contribution is -2.31. The van der Waals surface area contributed by atoms with Crippen molar-refractivity contribution in [2.45, 2.75) is 52.0 Å². The Bertz CT molecular complexity index is 570. The molecule has 5 heteroatoms. The first kappa shape index (κ1) is 14.2. The summed E-state index contributed by atoms with van der Waals surface area (Å²) in [4.78, 5) is 7.22. The third-order valence-corrected chi connectivity index (χ3v) is 4.72. The molecule has 1 saturated heterocycles. The first-order chi connectivity index (χ1) is 10.1. The van der Waals surface area contributed by atoms with Crippen LogP contribution >= 0.6 is 0 Å². The molecular formula is C16H24N4O. The quantitative estimate of drug-likeness (QED) is 0.379. The number of oxime groups is 1. The van der Waals surface area contributed by atoms with Crippen molar-refractivity contribution in [1.29, 1.82) is 0 Å². The fourth-order valence-corrected chi connectivity index (χ4v) is 3.68. The molecule has 2 atom stereocenters. The van der Waals surface area contributed by atoms with Crippen LogP contribution in [0.1, 0.15) is 49.9 Å². The lowest BCUT2D eigenvalue weighted by Gasteiger charge is -2.27. The maximum absolute atomic E-state index is 9.09. The number of fused-ring (bicyclic) bond motifs is 1. The van der Waals surface area contributed by atoms with Crippen LogP contribution in [0.15, 0.2) is 11.2 Å². The zero-order valence-corrected chi connectivity index (χ0v) is 12.8. The number of aromatic nitrogens is 1. The molecule has 1 aromatic heterocycles. The smallest absolute Gasteiger partial charge is 0.173 e. The Balaban J connectivity index is 2.08. The van der Waals surface area contributed by atoms with E-state index in [1.165, 1.54) is 24.1 Å². The van der Waals surface area contributed by atoms with Gasteiger partial charge in [-0.3, -0.25) is 0 Å². The van der Waals surface area contributed by atoms with Gasteiger partial charge in [-0.2, -0.15) is 0 Å². The van der Waals surface area contributed by atoms with Crippen molar-refractivity contribution in [3.63, 3.8) is 0 Å². The second-order valence-corrected chi connectivity index (χ2v) is 6.50. The minimum atomic E-state index is 0.164. The van der Waals surface area contributed by atoms with Crippen LogP contribution in [0.5, 0.6) is 0 Å². The maximum Gasteiger partial charge on any atom is 0.173 e. The molecule has 1 aliphatic heterocycles. The second-order valence-electron chi connectivity index (χ2n) is 6.50. The summed E-state index contributed by atoms with van der Waals surface area (Å²) in [6.07, 6.45) is 5.64. The Labute approximate surface area is 125 Å². The third kappa shape index (κ3) is 2.57. The predicted molar refractivity (Wildman–Crippen MR) is 84.0 cm³/mol. The highest BCUT2D eigenvalue weighted by atomic mass is 16.4. The van der Waals surface area contributed by atoms with Crippen molar-refractivity contribution in [2.24, 2.45) is 16.8 Å². The van der Waals surface area contributed by atoms with E-state index in [-0.39, 0.29) is 5.84 Å². The molecule has 1 fully saturated rings. The molecule has 0 radical (unpaired) electrons. The van der Waals surface area contributed by atoms with E-state index in [2.05, 4.69) is 30.0 Å². The summed E-state index contributed by atoms with van der Waals surface area (Å²) >= 11 is 0. The second kappa shape index (κ2) is 5.54. The summed E-state index contributed by atoms with van der Waals surface area (Å²) in [5, 5.41) is 12.3. The topological polar surface area (TPSA) is 74.7 Å². The number of hydrogen-bond donors (Lipinski definition) is 2. The largest absolute Gasteiger partial charge is 0.409 e. The molecule has 0 amide bonds. The van der Waals surface area contributed by atoms with Gasteiger partial charge in [-0.1, -0.05) is 12.1 Å². The number of nitrogens with zero attached hydrogens (tertiary/aromatic N) is 3. The Morgan fingerprint density at radius 1 is 1.38 bits per heavy atom. The van der Waals surface area contributed by atoms with Gasteiger partial charge in [0.25, 0.3) is 0 Å². The normalized spacial score (nSPS) is 26.0. The van der Waals surface area contributed by atoms with Crippen LogP contribution in [0, 0.1) is 5.92 Å². The van der Waals surface area contributed by atoms with Crippen LogP contribution in [-0.4, -0.2) is 28.6 Å². The summed E-state index contributed by atoms with van der Waals surface area (Å²) in [5.41, 5.74) is 9.13. The minimum absolute atomic E-state index is 0.164. The van der Waals surface area contributed by atoms with Crippen molar-refractivity contribution < 1.29 is 5.21 Å². The number of amidine groups is 1. The van der Waals surface area contributed by atoms with Crippen LogP contribution in [0.3, 0.4) is 0 Å². The van der Waals surface area contributed by atoms with Crippen molar-refractivity contribution in [3.8, 4) is 0 Å². The van der Waals surface area contributed by atoms with E-state index in [9.17, 15) is 0 Å². The van der Waals surface area contributed by atoms with Crippen molar-refractivity contribution >= 4 is 11.7 Å². The average molecular weight is 288 g/mol. The van der Waals surface area contributed by atoms with E-state index in [4.69, 9.17) is 15.9 Å². The van der Waals surface area contributed by atoms with Crippen LogP contribution in [-0.2, 0) is 12.8 Å². The van der Waals surface area contributed by atoms with Crippen LogP contribution in [0.25, 0.3) is 0 Å².